The summed E-state index contributed by atoms with van der Waals surface area (Å²) < 4.78 is 74.6. The molecule has 95 valence electrons. The van der Waals surface area contributed by atoms with Crippen LogP contribution in [0.2, 0.25) is 0 Å². The number of alkyl halides is 6. The zero-order chi connectivity index (χ0) is 13.4. The van der Waals surface area contributed by atoms with Gasteiger partial charge < -0.3 is 0 Å². The van der Waals surface area contributed by atoms with Gasteiger partial charge in [-0.15, -0.1) is 0 Å². The van der Waals surface area contributed by atoms with Crippen molar-refractivity contribution in [3.8, 4) is 0 Å². The van der Waals surface area contributed by atoms with E-state index < -0.39 is 23.8 Å². The highest BCUT2D eigenvalue weighted by Gasteiger charge is 2.57. The highest BCUT2D eigenvalue weighted by molar-refractivity contribution is 5.31. The molecule has 0 aliphatic carbocycles. The number of rotatable bonds is 1. The quantitative estimate of drug-likeness (QED) is 0.656. The molecule has 0 aliphatic rings. The Morgan fingerprint density at radius 2 is 1.24 bits per heavy atom. The van der Waals surface area contributed by atoms with Gasteiger partial charge in [0.05, 0.1) is 0 Å². The molecule has 0 heterocycles. The number of halogens is 6. The predicted octanol–water partition coefficient (Wildman–Crippen LogP) is 4.31. The van der Waals surface area contributed by atoms with E-state index in [1.807, 2.05) is 0 Å². The lowest BCUT2D eigenvalue weighted by atomic mass is 9.94. The summed E-state index contributed by atoms with van der Waals surface area (Å²) in [5, 5.41) is 0. The van der Waals surface area contributed by atoms with Crippen LogP contribution in [0, 0.1) is 19.9 Å². The van der Waals surface area contributed by atoms with E-state index in [-0.39, 0.29) is 11.1 Å². The van der Waals surface area contributed by atoms with E-state index in [0.29, 0.717) is 0 Å². The van der Waals surface area contributed by atoms with Gasteiger partial charge in [0.25, 0.3) is 0 Å². The van der Waals surface area contributed by atoms with Crippen LogP contribution in [0.25, 0.3) is 0 Å². The number of hydrogen-bond donors (Lipinski definition) is 0. The third-order valence-corrected chi connectivity index (χ3v) is 2.15. The molecule has 17 heavy (non-hydrogen) atoms. The van der Waals surface area contributed by atoms with Gasteiger partial charge in [0, 0.05) is 0 Å². The topological polar surface area (TPSA) is 0 Å². The van der Waals surface area contributed by atoms with Crippen molar-refractivity contribution in [2.45, 2.75) is 32.1 Å². The van der Waals surface area contributed by atoms with Crippen LogP contribution in [0.15, 0.2) is 12.1 Å². The van der Waals surface area contributed by atoms with Gasteiger partial charge in [-0.1, -0.05) is 12.1 Å². The summed E-state index contributed by atoms with van der Waals surface area (Å²) in [5.41, 5.74) is -0.296. The third-order valence-electron chi connectivity index (χ3n) is 2.15. The first-order valence-corrected chi connectivity index (χ1v) is 4.65. The van der Waals surface area contributed by atoms with Crippen LogP contribution in [0.1, 0.15) is 22.6 Å². The summed E-state index contributed by atoms with van der Waals surface area (Å²) in [5.74, 6) is -3.44. The molecule has 0 fully saturated rings. The molecule has 0 saturated carbocycles. The molecule has 6 heteroatoms. The maximum Gasteiger partial charge on any atom is 0.404 e. The Bertz CT molecular complexity index is 367. The second kappa shape index (κ2) is 4.23. The van der Waals surface area contributed by atoms with E-state index in [2.05, 4.69) is 6.07 Å². The number of benzene rings is 1. The molecular weight excluding hydrogens is 246 g/mol. The maximum atomic E-state index is 12.4. The molecule has 0 bridgehead atoms. The monoisotopic (exact) mass is 255 g/mol. The van der Waals surface area contributed by atoms with Crippen LogP contribution in [-0.4, -0.2) is 12.4 Å². The lowest BCUT2D eigenvalue weighted by molar-refractivity contribution is -0.253. The van der Waals surface area contributed by atoms with Gasteiger partial charge in [0.15, 0.2) is 5.92 Å². The summed E-state index contributed by atoms with van der Waals surface area (Å²) in [6.45, 7) is 2.81. The number of hydrogen-bond acceptors (Lipinski definition) is 0. The van der Waals surface area contributed by atoms with E-state index in [9.17, 15) is 26.3 Å². The molecule has 0 aliphatic heterocycles. The normalized spacial score (nSPS) is 13.2. The molecule has 0 unspecified atom stereocenters. The van der Waals surface area contributed by atoms with E-state index in [1.165, 1.54) is 13.8 Å². The molecule has 0 spiro atoms. The smallest absolute Gasteiger partial charge is 0.170 e. The lowest BCUT2D eigenvalue weighted by Crippen LogP contribution is -2.34. The van der Waals surface area contributed by atoms with Crippen LogP contribution in [0.5, 0.6) is 0 Å². The zero-order valence-electron chi connectivity index (χ0n) is 9.00. The minimum Gasteiger partial charge on any atom is -0.170 e. The van der Waals surface area contributed by atoms with Crippen LogP contribution in [0.3, 0.4) is 0 Å². The molecule has 1 rings (SSSR count). The molecular formula is C11H9F6. The van der Waals surface area contributed by atoms with Crippen molar-refractivity contribution in [3.05, 3.63) is 34.9 Å². The van der Waals surface area contributed by atoms with Gasteiger partial charge in [-0.25, -0.2) is 0 Å². The zero-order valence-corrected chi connectivity index (χ0v) is 9.00. The summed E-state index contributed by atoms with van der Waals surface area (Å²) in [6.07, 6.45) is -10.7. The Morgan fingerprint density at radius 1 is 0.882 bits per heavy atom. The first-order valence-electron chi connectivity index (χ1n) is 4.65. The van der Waals surface area contributed by atoms with Gasteiger partial charge >= 0.3 is 12.4 Å². The summed E-state index contributed by atoms with van der Waals surface area (Å²) in [7, 11) is 0. The van der Waals surface area contributed by atoms with Gasteiger partial charge in [-0.3, -0.25) is 0 Å². The third kappa shape index (κ3) is 3.38. The minimum absolute atomic E-state index is 0.249. The first kappa shape index (κ1) is 13.9. The highest BCUT2D eigenvalue weighted by Crippen LogP contribution is 2.46. The largest absolute Gasteiger partial charge is 0.404 e. The Hall–Kier alpha value is -1.20. The number of aryl methyl sites for hydroxylation is 2. The van der Waals surface area contributed by atoms with E-state index in [4.69, 9.17) is 0 Å². The molecule has 1 aromatic carbocycles. The molecule has 0 aromatic heterocycles. The summed E-state index contributed by atoms with van der Waals surface area (Å²) >= 11 is 0. The van der Waals surface area contributed by atoms with Crippen LogP contribution in [-0.2, 0) is 0 Å². The van der Waals surface area contributed by atoms with Crippen LogP contribution >= 0.6 is 0 Å². The SMILES string of the molecule is Cc1[c]c(C)cc(C(C(F)(F)F)C(F)(F)F)c1. The van der Waals surface area contributed by atoms with Crippen LogP contribution in [0.4, 0.5) is 26.3 Å². The second-order valence-electron chi connectivity index (χ2n) is 3.80. The van der Waals surface area contributed by atoms with Gasteiger partial charge in [0.2, 0.25) is 0 Å². The molecule has 0 amide bonds. The molecule has 0 N–H and O–H groups in total. The van der Waals surface area contributed by atoms with Crippen molar-refractivity contribution in [3.63, 3.8) is 0 Å². The Labute approximate surface area is 94.2 Å². The fourth-order valence-electron chi connectivity index (χ4n) is 1.66. The molecule has 1 radical (unpaired) electrons. The fraction of sp³-hybridized carbons (Fsp3) is 0.455. The average molecular weight is 255 g/mol. The Balaban J connectivity index is 3.33. The molecule has 0 atom stereocenters. The molecule has 0 saturated heterocycles. The van der Waals surface area contributed by atoms with E-state index in [1.54, 1.807) is 0 Å². The first-order chi connectivity index (χ1) is 7.51. The van der Waals surface area contributed by atoms with Crippen molar-refractivity contribution in [1.29, 1.82) is 0 Å². The van der Waals surface area contributed by atoms with Crippen molar-refractivity contribution in [1.82, 2.24) is 0 Å². The predicted molar refractivity (Wildman–Crippen MR) is 49.6 cm³/mol. The van der Waals surface area contributed by atoms with Crippen molar-refractivity contribution >= 4 is 0 Å². The van der Waals surface area contributed by atoms with Gasteiger partial charge in [-0.2, -0.15) is 26.3 Å². The summed E-state index contributed by atoms with van der Waals surface area (Å²) in [6, 6.07) is 4.35. The van der Waals surface area contributed by atoms with Crippen molar-refractivity contribution in [2.75, 3.05) is 0 Å². The Kier molecular flexibility index (Phi) is 3.45. The fourth-order valence-corrected chi connectivity index (χ4v) is 1.66. The molecule has 1 aromatic rings. The Morgan fingerprint density at radius 3 is 1.53 bits per heavy atom. The molecule has 0 nitrogen and oxygen atoms in total. The lowest BCUT2D eigenvalue weighted by Gasteiger charge is -2.23. The summed E-state index contributed by atoms with van der Waals surface area (Å²) in [4.78, 5) is 0. The van der Waals surface area contributed by atoms with Gasteiger partial charge in [-0.05, 0) is 36.6 Å². The van der Waals surface area contributed by atoms with Crippen molar-refractivity contribution in [2.24, 2.45) is 0 Å². The standard InChI is InChI=1S/C11H9F6/c1-6-3-7(2)5-8(4-6)9(10(12,13)14)11(15,16)17/h4-5,9H,1-2H3. The van der Waals surface area contributed by atoms with Crippen LogP contribution < -0.4 is 0 Å². The minimum atomic E-state index is -5.35. The van der Waals surface area contributed by atoms with Crippen molar-refractivity contribution < 1.29 is 26.3 Å². The van der Waals surface area contributed by atoms with Gasteiger partial charge in [0.1, 0.15) is 0 Å². The van der Waals surface area contributed by atoms with E-state index >= 15 is 0 Å². The highest BCUT2D eigenvalue weighted by atomic mass is 19.4. The average Bonchev–Trinajstić information content (AvgIpc) is 1.93. The van der Waals surface area contributed by atoms with E-state index in [0.717, 1.165) is 12.1 Å². The maximum absolute atomic E-state index is 12.4. The second-order valence-corrected chi connectivity index (χ2v) is 3.80.